The number of hydrogen-bond donors (Lipinski definition) is 0. The lowest BCUT2D eigenvalue weighted by Gasteiger charge is -2.37. The van der Waals surface area contributed by atoms with Crippen LogP contribution >= 0.6 is 27.5 Å². The highest BCUT2D eigenvalue weighted by atomic mass is 79.9. The third-order valence-corrected chi connectivity index (χ3v) is 4.68. The highest BCUT2D eigenvalue weighted by molar-refractivity contribution is 9.10. The first-order chi connectivity index (χ1) is 8.87. The van der Waals surface area contributed by atoms with Crippen molar-refractivity contribution in [1.29, 1.82) is 0 Å². The number of carbonyl (C=O) groups excluding carboxylic acids is 1. The van der Waals surface area contributed by atoms with Crippen molar-refractivity contribution >= 4 is 33.4 Å². The van der Waals surface area contributed by atoms with Gasteiger partial charge in [-0.15, -0.1) is 0 Å². The van der Waals surface area contributed by atoms with Gasteiger partial charge >= 0.3 is 0 Å². The van der Waals surface area contributed by atoms with E-state index in [2.05, 4.69) is 29.8 Å². The zero-order valence-corrected chi connectivity index (χ0v) is 13.7. The number of halogens is 2. The zero-order chi connectivity index (χ0) is 14.0. The molecular weight excluding hydrogens is 326 g/mol. The number of amides is 1. The monoisotopic (exact) mass is 343 g/mol. The van der Waals surface area contributed by atoms with Crippen LogP contribution in [0, 0.1) is 5.41 Å². The van der Waals surface area contributed by atoms with Crippen LogP contribution in [0.15, 0.2) is 22.7 Å². The van der Waals surface area contributed by atoms with Gasteiger partial charge in [-0.1, -0.05) is 41.4 Å². The zero-order valence-electron chi connectivity index (χ0n) is 11.4. The van der Waals surface area contributed by atoms with Gasteiger partial charge in [0.2, 0.25) is 5.91 Å². The van der Waals surface area contributed by atoms with E-state index in [-0.39, 0.29) is 5.91 Å². The van der Waals surface area contributed by atoms with Crippen molar-refractivity contribution in [3.8, 4) is 0 Å². The summed E-state index contributed by atoms with van der Waals surface area (Å²) in [5, 5.41) is 0.661. The van der Waals surface area contributed by atoms with Crippen molar-refractivity contribution in [2.75, 3.05) is 13.1 Å². The molecule has 1 aromatic carbocycles. The Morgan fingerprint density at radius 3 is 2.63 bits per heavy atom. The Labute approximate surface area is 128 Å². The van der Waals surface area contributed by atoms with Gasteiger partial charge < -0.3 is 4.90 Å². The van der Waals surface area contributed by atoms with Gasteiger partial charge in [-0.2, -0.15) is 0 Å². The molecule has 1 heterocycles. The molecule has 4 heteroatoms. The lowest BCUT2D eigenvalue weighted by molar-refractivity contribution is -0.132. The Morgan fingerprint density at radius 2 is 2.00 bits per heavy atom. The second-order valence-corrected chi connectivity index (χ2v) is 7.28. The smallest absolute Gasteiger partial charge is 0.227 e. The third kappa shape index (κ3) is 3.96. The summed E-state index contributed by atoms with van der Waals surface area (Å²) in [5.74, 6) is 0.176. The molecule has 104 valence electrons. The Kier molecular flexibility index (Phi) is 4.57. The first-order valence-electron chi connectivity index (χ1n) is 6.59. The Balaban J connectivity index is 2.00. The van der Waals surface area contributed by atoms with E-state index in [1.165, 1.54) is 0 Å². The Bertz CT molecular complexity index is 477. The maximum absolute atomic E-state index is 12.3. The van der Waals surface area contributed by atoms with E-state index in [4.69, 9.17) is 11.6 Å². The fourth-order valence-corrected chi connectivity index (χ4v) is 2.91. The molecule has 0 spiro atoms. The molecule has 0 aromatic heterocycles. The van der Waals surface area contributed by atoms with Gasteiger partial charge in [-0.3, -0.25) is 4.79 Å². The second kappa shape index (κ2) is 5.84. The second-order valence-electron chi connectivity index (χ2n) is 5.96. The average molecular weight is 345 g/mol. The normalized spacial score (nSPS) is 18.4. The van der Waals surface area contributed by atoms with E-state index in [9.17, 15) is 4.79 Å². The lowest BCUT2D eigenvalue weighted by atomic mass is 9.82. The molecule has 0 saturated carbocycles. The molecule has 1 aromatic rings. The minimum absolute atomic E-state index is 0.176. The fraction of sp³-hybridized carbons (Fsp3) is 0.533. The van der Waals surface area contributed by atoms with Crippen LogP contribution in [-0.2, 0) is 11.2 Å². The van der Waals surface area contributed by atoms with E-state index < -0.39 is 0 Å². The molecule has 1 fully saturated rings. The number of benzene rings is 1. The molecule has 1 aliphatic heterocycles. The summed E-state index contributed by atoms with van der Waals surface area (Å²) in [5.41, 5.74) is 1.26. The number of rotatable bonds is 2. The molecule has 19 heavy (non-hydrogen) atoms. The summed E-state index contributed by atoms with van der Waals surface area (Å²) in [7, 11) is 0. The summed E-state index contributed by atoms with van der Waals surface area (Å²) in [6.45, 7) is 6.24. The fourth-order valence-electron chi connectivity index (χ4n) is 2.31. The topological polar surface area (TPSA) is 20.3 Å². The Hall–Kier alpha value is -0.540. The standard InChI is InChI=1S/C15H19BrClNO/c1-15(2)5-7-18(8-6-15)14(19)10-11-9-12(16)3-4-13(11)17/h3-4,9H,5-8,10H2,1-2H3. The van der Waals surface area contributed by atoms with Gasteiger partial charge in [-0.05, 0) is 42.0 Å². The summed E-state index contributed by atoms with van der Waals surface area (Å²) in [6.07, 6.45) is 2.54. The summed E-state index contributed by atoms with van der Waals surface area (Å²) in [4.78, 5) is 14.3. The van der Waals surface area contributed by atoms with Crippen LogP contribution in [0.1, 0.15) is 32.3 Å². The third-order valence-electron chi connectivity index (χ3n) is 3.82. The van der Waals surface area contributed by atoms with Crippen molar-refractivity contribution in [3.05, 3.63) is 33.3 Å². The molecule has 0 atom stereocenters. The van der Waals surface area contributed by atoms with Crippen molar-refractivity contribution in [2.24, 2.45) is 5.41 Å². The summed E-state index contributed by atoms with van der Waals surface area (Å²) in [6, 6.07) is 5.64. The Morgan fingerprint density at radius 1 is 1.37 bits per heavy atom. The van der Waals surface area contributed by atoms with Gasteiger partial charge in [0.15, 0.2) is 0 Å². The minimum atomic E-state index is 0.176. The first-order valence-corrected chi connectivity index (χ1v) is 7.76. The number of piperidine rings is 1. The summed E-state index contributed by atoms with van der Waals surface area (Å²) < 4.78 is 0.958. The van der Waals surface area contributed by atoms with Gasteiger partial charge in [-0.25, -0.2) is 0 Å². The number of likely N-dealkylation sites (tertiary alicyclic amines) is 1. The molecule has 1 aliphatic rings. The average Bonchev–Trinajstić information content (AvgIpc) is 2.33. The molecule has 0 bridgehead atoms. The first kappa shape index (κ1) is 14.9. The van der Waals surface area contributed by atoms with Crippen molar-refractivity contribution in [2.45, 2.75) is 33.1 Å². The number of carbonyl (C=O) groups is 1. The van der Waals surface area contributed by atoms with Crippen LogP contribution in [0.5, 0.6) is 0 Å². The van der Waals surface area contributed by atoms with Crippen molar-refractivity contribution in [3.63, 3.8) is 0 Å². The molecule has 0 aliphatic carbocycles. The van der Waals surface area contributed by atoms with E-state index in [0.717, 1.165) is 36.0 Å². The minimum Gasteiger partial charge on any atom is -0.342 e. The van der Waals surface area contributed by atoms with Crippen LogP contribution in [0.25, 0.3) is 0 Å². The van der Waals surface area contributed by atoms with Crippen LogP contribution in [0.3, 0.4) is 0 Å². The van der Waals surface area contributed by atoms with Gasteiger partial charge in [0.25, 0.3) is 0 Å². The van der Waals surface area contributed by atoms with Crippen LogP contribution in [-0.4, -0.2) is 23.9 Å². The van der Waals surface area contributed by atoms with Crippen LogP contribution in [0.4, 0.5) is 0 Å². The predicted molar refractivity (Wildman–Crippen MR) is 82.5 cm³/mol. The number of nitrogens with zero attached hydrogens (tertiary/aromatic N) is 1. The molecule has 1 amide bonds. The number of hydrogen-bond acceptors (Lipinski definition) is 1. The summed E-state index contributed by atoms with van der Waals surface area (Å²) >= 11 is 9.55. The molecule has 0 radical (unpaired) electrons. The lowest BCUT2D eigenvalue weighted by Crippen LogP contribution is -2.41. The highest BCUT2D eigenvalue weighted by Crippen LogP contribution is 2.30. The van der Waals surface area contributed by atoms with Gasteiger partial charge in [0.05, 0.1) is 6.42 Å². The van der Waals surface area contributed by atoms with Crippen molar-refractivity contribution in [1.82, 2.24) is 4.90 Å². The van der Waals surface area contributed by atoms with Gasteiger partial charge in [0, 0.05) is 22.6 Å². The molecule has 1 saturated heterocycles. The van der Waals surface area contributed by atoms with Gasteiger partial charge in [0.1, 0.15) is 0 Å². The highest BCUT2D eigenvalue weighted by Gasteiger charge is 2.27. The van der Waals surface area contributed by atoms with E-state index in [1.54, 1.807) is 0 Å². The molecule has 2 nitrogen and oxygen atoms in total. The van der Waals surface area contributed by atoms with E-state index >= 15 is 0 Å². The SMILES string of the molecule is CC1(C)CCN(C(=O)Cc2cc(Br)ccc2Cl)CC1. The van der Waals surface area contributed by atoms with Crippen LogP contribution < -0.4 is 0 Å². The maximum atomic E-state index is 12.3. The predicted octanol–water partition coefficient (Wildman–Crippen LogP) is 4.29. The molecule has 0 N–H and O–H groups in total. The van der Waals surface area contributed by atoms with E-state index in [1.807, 2.05) is 23.1 Å². The molecule has 0 unspecified atom stereocenters. The van der Waals surface area contributed by atoms with Crippen molar-refractivity contribution < 1.29 is 4.79 Å². The van der Waals surface area contributed by atoms with E-state index in [0.29, 0.717) is 16.9 Å². The molecule has 2 rings (SSSR count). The quantitative estimate of drug-likeness (QED) is 0.783. The molecular formula is C15H19BrClNO. The van der Waals surface area contributed by atoms with Crippen LogP contribution in [0.2, 0.25) is 5.02 Å². The largest absolute Gasteiger partial charge is 0.342 e. The maximum Gasteiger partial charge on any atom is 0.227 e.